The second-order valence-corrected chi connectivity index (χ2v) is 8.80. The van der Waals surface area contributed by atoms with Crippen molar-refractivity contribution in [2.45, 2.75) is 5.92 Å². The molecule has 0 aliphatic rings. The number of ketones is 1. The number of nitrogens with zero attached hydrogens (tertiary/aromatic N) is 1. The molecule has 0 fully saturated rings. The Morgan fingerprint density at radius 3 is 1.89 bits per heavy atom. The van der Waals surface area contributed by atoms with E-state index in [1.165, 1.54) is 7.11 Å². The second kappa shape index (κ2) is 12.6. The molecule has 0 bridgehead atoms. The number of carbonyl (C=O) groups is 3. The lowest BCUT2D eigenvalue weighted by Crippen LogP contribution is -2.51. The van der Waals surface area contributed by atoms with Crippen LogP contribution in [-0.4, -0.2) is 43.0 Å². The van der Waals surface area contributed by atoms with Crippen molar-refractivity contribution in [2.75, 3.05) is 25.6 Å². The Morgan fingerprint density at radius 1 is 0.829 bits per heavy atom. The highest BCUT2D eigenvalue weighted by Gasteiger charge is 2.28. The number of amides is 3. The van der Waals surface area contributed by atoms with Crippen LogP contribution in [0.1, 0.15) is 21.8 Å². The maximum Gasteiger partial charge on any atom is 0.340 e. The zero-order chi connectivity index (χ0) is 25.4. The molecule has 3 aromatic carbocycles. The molecule has 0 aliphatic carbocycles. The van der Waals surface area contributed by atoms with Gasteiger partial charge in [-0.1, -0.05) is 46.9 Å². The zero-order valence-electron chi connectivity index (χ0n) is 18.6. The van der Waals surface area contributed by atoms with Crippen LogP contribution >= 0.6 is 34.8 Å². The Kier molecular flexibility index (Phi) is 9.51. The van der Waals surface area contributed by atoms with Gasteiger partial charge in [0.25, 0.3) is 5.91 Å². The minimum atomic E-state index is -0.827. The summed E-state index contributed by atoms with van der Waals surface area (Å²) in [5.74, 6) is -1.66. The number of rotatable bonds is 8. The van der Waals surface area contributed by atoms with Crippen molar-refractivity contribution in [3.8, 4) is 0 Å². The van der Waals surface area contributed by atoms with Crippen molar-refractivity contribution in [3.63, 3.8) is 0 Å². The van der Waals surface area contributed by atoms with Crippen molar-refractivity contribution >= 4 is 58.2 Å². The maximum atomic E-state index is 13.5. The van der Waals surface area contributed by atoms with Crippen molar-refractivity contribution < 1.29 is 19.1 Å². The number of benzene rings is 3. The molecule has 0 heterocycles. The van der Waals surface area contributed by atoms with Crippen LogP contribution in [0.5, 0.6) is 0 Å². The Hall–Kier alpha value is -3.10. The van der Waals surface area contributed by atoms with Crippen molar-refractivity contribution in [2.24, 2.45) is 0 Å². The summed E-state index contributed by atoms with van der Waals surface area (Å²) in [4.78, 5) is 39.0. The Bertz CT molecular complexity index is 1170. The van der Waals surface area contributed by atoms with E-state index in [-0.39, 0.29) is 18.9 Å². The zero-order valence-corrected chi connectivity index (χ0v) is 20.9. The van der Waals surface area contributed by atoms with Crippen LogP contribution in [0.25, 0.3) is 0 Å². The van der Waals surface area contributed by atoms with Crippen molar-refractivity contribution in [3.05, 3.63) is 99.0 Å². The van der Waals surface area contributed by atoms with E-state index in [1.54, 1.807) is 72.8 Å². The number of halogens is 3. The standard InChI is InChI=1S/C25H22Cl3N3O4/c1-35-15-23(32)30-31(25(34)29-21-12-10-20(28)11-13-21)14-22(16-2-6-18(26)7-3-16)24(33)17-4-8-19(27)9-5-17/h2-13,22H,14-15H2,1H3,(H,29,34)(H,30,32). The van der Waals surface area contributed by atoms with Crippen LogP contribution < -0.4 is 10.7 Å². The summed E-state index contributed by atoms with van der Waals surface area (Å²) in [6, 6.07) is 19.0. The molecule has 0 saturated heterocycles. The first kappa shape index (κ1) is 26.5. The van der Waals surface area contributed by atoms with Crippen LogP contribution in [0.4, 0.5) is 10.5 Å². The molecule has 3 aromatic rings. The number of nitrogens with one attached hydrogen (secondary N) is 2. The quantitative estimate of drug-likeness (QED) is 0.281. The highest BCUT2D eigenvalue weighted by atomic mass is 35.5. The summed E-state index contributed by atoms with van der Waals surface area (Å²) >= 11 is 17.9. The van der Waals surface area contributed by atoms with Crippen LogP contribution in [0, 0.1) is 0 Å². The highest BCUT2D eigenvalue weighted by molar-refractivity contribution is 6.31. The normalized spacial score (nSPS) is 11.4. The molecule has 0 aliphatic heterocycles. The Labute approximate surface area is 217 Å². The van der Waals surface area contributed by atoms with Gasteiger partial charge in [0.1, 0.15) is 6.61 Å². The summed E-state index contributed by atoms with van der Waals surface area (Å²) in [6.45, 7) is -0.445. The molecule has 3 amide bonds. The topological polar surface area (TPSA) is 87.7 Å². The van der Waals surface area contributed by atoms with E-state index in [9.17, 15) is 14.4 Å². The number of Topliss-reactive ketones (excluding diaryl/α,β-unsaturated/α-hetero) is 1. The first-order valence-corrected chi connectivity index (χ1v) is 11.6. The van der Waals surface area contributed by atoms with Gasteiger partial charge in [-0.15, -0.1) is 0 Å². The largest absolute Gasteiger partial charge is 0.375 e. The summed E-state index contributed by atoms with van der Waals surface area (Å²) < 4.78 is 4.87. The van der Waals surface area contributed by atoms with Crippen LogP contribution in [0.3, 0.4) is 0 Å². The number of ether oxygens (including phenoxy) is 1. The van der Waals surface area contributed by atoms with Gasteiger partial charge in [-0.25, -0.2) is 9.80 Å². The van der Waals surface area contributed by atoms with Crippen molar-refractivity contribution in [1.29, 1.82) is 0 Å². The maximum absolute atomic E-state index is 13.5. The molecule has 3 rings (SSSR count). The minimum absolute atomic E-state index is 0.169. The monoisotopic (exact) mass is 533 g/mol. The molecular formula is C25H22Cl3N3O4. The molecule has 10 heteroatoms. The lowest BCUT2D eigenvalue weighted by Gasteiger charge is -2.28. The number of urea groups is 1. The number of carbonyl (C=O) groups excluding carboxylic acids is 3. The Balaban J connectivity index is 1.93. The van der Waals surface area contributed by atoms with Gasteiger partial charge in [0, 0.05) is 33.4 Å². The lowest BCUT2D eigenvalue weighted by molar-refractivity contribution is -0.128. The molecule has 0 aromatic heterocycles. The molecule has 2 N–H and O–H groups in total. The predicted octanol–water partition coefficient (Wildman–Crippen LogP) is 5.83. The smallest absolute Gasteiger partial charge is 0.340 e. The lowest BCUT2D eigenvalue weighted by atomic mass is 9.90. The second-order valence-electron chi connectivity index (χ2n) is 7.49. The molecule has 1 unspecified atom stereocenters. The van der Waals surface area contributed by atoms with Gasteiger partial charge in [0.05, 0.1) is 12.5 Å². The highest BCUT2D eigenvalue weighted by Crippen LogP contribution is 2.25. The van der Waals surface area contributed by atoms with Gasteiger partial charge in [-0.3, -0.25) is 15.0 Å². The van der Waals surface area contributed by atoms with E-state index < -0.39 is 17.9 Å². The average molecular weight is 535 g/mol. The molecule has 0 radical (unpaired) electrons. The third kappa shape index (κ3) is 7.70. The van der Waals surface area contributed by atoms with E-state index >= 15 is 0 Å². The predicted molar refractivity (Wildman–Crippen MR) is 137 cm³/mol. The van der Waals surface area contributed by atoms with Crippen LogP contribution in [0.15, 0.2) is 72.8 Å². The van der Waals surface area contributed by atoms with E-state index in [2.05, 4.69) is 10.7 Å². The number of hydrazine groups is 1. The number of methoxy groups -OCH3 is 1. The fraction of sp³-hybridized carbons (Fsp3) is 0.160. The van der Waals surface area contributed by atoms with Gasteiger partial charge in [-0.05, 0) is 66.2 Å². The van der Waals surface area contributed by atoms with E-state index in [4.69, 9.17) is 39.5 Å². The molecule has 0 saturated carbocycles. The molecule has 0 spiro atoms. The van der Waals surface area contributed by atoms with E-state index in [1.807, 2.05) is 0 Å². The van der Waals surface area contributed by atoms with Crippen LogP contribution in [0.2, 0.25) is 15.1 Å². The molecule has 1 atom stereocenters. The molecule has 35 heavy (non-hydrogen) atoms. The fourth-order valence-corrected chi connectivity index (χ4v) is 3.63. The first-order chi connectivity index (χ1) is 16.8. The van der Waals surface area contributed by atoms with Gasteiger partial charge in [0.15, 0.2) is 5.78 Å². The summed E-state index contributed by atoms with van der Waals surface area (Å²) in [6.07, 6.45) is 0. The molecular weight excluding hydrogens is 513 g/mol. The average Bonchev–Trinajstić information content (AvgIpc) is 2.84. The molecule has 7 nitrogen and oxygen atoms in total. The van der Waals surface area contributed by atoms with Gasteiger partial charge < -0.3 is 10.1 Å². The SMILES string of the molecule is COCC(=O)NN(CC(C(=O)c1ccc(Cl)cc1)c1ccc(Cl)cc1)C(=O)Nc1ccc(Cl)cc1. The van der Waals surface area contributed by atoms with Gasteiger partial charge >= 0.3 is 6.03 Å². The number of anilines is 1. The Morgan fingerprint density at radius 2 is 1.34 bits per heavy atom. The van der Waals surface area contributed by atoms with Gasteiger partial charge in [0.2, 0.25) is 0 Å². The minimum Gasteiger partial charge on any atom is -0.375 e. The third-order valence-electron chi connectivity index (χ3n) is 4.96. The van der Waals surface area contributed by atoms with Crippen LogP contribution in [-0.2, 0) is 9.53 Å². The third-order valence-corrected chi connectivity index (χ3v) is 5.71. The van der Waals surface area contributed by atoms with Crippen molar-refractivity contribution in [1.82, 2.24) is 10.4 Å². The number of hydrogen-bond donors (Lipinski definition) is 2. The first-order valence-electron chi connectivity index (χ1n) is 10.4. The van der Waals surface area contributed by atoms with E-state index in [0.717, 1.165) is 5.01 Å². The summed E-state index contributed by atoms with van der Waals surface area (Å²) in [5.41, 5.74) is 3.97. The summed E-state index contributed by atoms with van der Waals surface area (Å²) in [5, 5.41) is 5.22. The fourth-order valence-electron chi connectivity index (χ4n) is 3.25. The van der Waals surface area contributed by atoms with Gasteiger partial charge in [-0.2, -0.15) is 0 Å². The summed E-state index contributed by atoms with van der Waals surface area (Å²) in [7, 11) is 1.36. The van der Waals surface area contributed by atoms with E-state index in [0.29, 0.717) is 31.9 Å². The number of hydrogen-bond acceptors (Lipinski definition) is 4. The molecule has 182 valence electrons.